The van der Waals surface area contributed by atoms with Crippen LogP contribution in [0.3, 0.4) is 0 Å². The average Bonchev–Trinajstić information content (AvgIpc) is 2.62. The molecule has 0 amide bonds. The van der Waals surface area contributed by atoms with Gasteiger partial charge >= 0.3 is 0 Å². The van der Waals surface area contributed by atoms with Crippen LogP contribution in [-0.4, -0.2) is 62.8 Å². The summed E-state index contributed by atoms with van der Waals surface area (Å²) < 4.78 is 11.0. The van der Waals surface area contributed by atoms with E-state index in [1.807, 2.05) is 0 Å². The maximum Gasteiger partial charge on any atom is 0.232 e. The molecule has 2 heterocycles. The van der Waals surface area contributed by atoms with Gasteiger partial charge in [0, 0.05) is 40.1 Å². The molecule has 1 saturated heterocycles. The number of aromatic nitrogens is 1. The van der Waals surface area contributed by atoms with Gasteiger partial charge in [-0.25, -0.2) is 4.98 Å². The van der Waals surface area contributed by atoms with Gasteiger partial charge < -0.3 is 19.7 Å². The molecule has 0 unspecified atom stereocenters. The van der Waals surface area contributed by atoms with E-state index in [-0.39, 0.29) is 0 Å². The molecule has 7 heteroatoms. The molecule has 0 aliphatic carbocycles. The fourth-order valence-electron chi connectivity index (χ4n) is 2.69. The second kappa shape index (κ2) is 10.4. The summed E-state index contributed by atoms with van der Waals surface area (Å²) >= 11 is 6.01. The van der Waals surface area contributed by atoms with Gasteiger partial charge in [-0.15, -0.1) is 0 Å². The zero-order valence-corrected chi connectivity index (χ0v) is 15.3. The van der Waals surface area contributed by atoms with Crippen LogP contribution < -0.4 is 10.1 Å². The zero-order valence-electron chi connectivity index (χ0n) is 14.5. The largest absolute Gasteiger partial charge is 0.475 e. The van der Waals surface area contributed by atoms with Crippen molar-refractivity contribution in [2.75, 3.05) is 47.0 Å². The topological polar surface area (TPSA) is 59.0 Å². The summed E-state index contributed by atoms with van der Waals surface area (Å²) in [6.07, 6.45) is 5.16. The number of halogens is 1. The molecule has 0 aromatic carbocycles. The Morgan fingerprint density at radius 1 is 1.50 bits per heavy atom. The van der Waals surface area contributed by atoms with E-state index < -0.39 is 0 Å². The fourth-order valence-corrected chi connectivity index (χ4v) is 2.87. The van der Waals surface area contributed by atoms with Gasteiger partial charge in [0.25, 0.3) is 0 Å². The predicted octanol–water partition coefficient (Wildman–Crippen LogP) is 2.44. The summed E-state index contributed by atoms with van der Waals surface area (Å²) in [6, 6.07) is 3.54. The highest BCUT2D eigenvalue weighted by atomic mass is 35.5. The smallest absolute Gasteiger partial charge is 0.232 e. The normalized spacial score (nSPS) is 16.0. The number of pyridine rings is 1. The first-order valence-electron chi connectivity index (χ1n) is 8.43. The van der Waals surface area contributed by atoms with Crippen molar-refractivity contribution in [1.29, 1.82) is 0 Å². The first-order valence-corrected chi connectivity index (χ1v) is 8.81. The maximum absolute atomic E-state index is 6.01. The summed E-state index contributed by atoms with van der Waals surface area (Å²) in [5.41, 5.74) is 0. The van der Waals surface area contributed by atoms with Crippen LogP contribution in [0.4, 0.5) is 0 Å². The third-order valence-electron chi connectivity index (χ3n) is 4.14. The van der Waals surface area contributed by atoms with Crippen molar-refractivity contribution < 1.29 is 9.47 Å². The van der Waals surface area contributed by atoms with Crippen LogP contribution in [0.15, 0.2) is 23.3 Å². The van der Waals surface area contributed by atoms with Gasteiger partial charge in [-0.2, -0.15) is 0 Å². The van der Waals surface area contributed by atoms with Crippen molar-refractivity contribution in [1.82, 2.24) is 15.2 Å². The molecule has 1 N–H and O–H groups in total. The number of hydrogen-bond donors (Lipinski definition) is 1. The van der Waals surface area contributed by atoms with Crippen molar-refractivity contribution in [3.05, 3.63) is 23.4 Å². The number of nitrogens with one attached hydrogen (secondary N) is 1. The lowest BCUT2D eigenvalue weighted by Gasteiger charge is -2.26. The highest BCUT2D eigenvalue weighted by Gasteiger charge is 2.15. The number of ether oxygens (including phenoxy) is 2. The van der Waals surface area contributed by atoms with Crippen molar-refractivity contribution >= 4 is 17.6 Å². The number of nitrogens with zero attached hydrogens (tertiary/aromatic N) is 3. The zero-order chi connectivity index (χ0) is 17.2. The fraction of sp³-hybridized carbons (Fsp3) is 0.647. The Hall–Kier alpha value is -1.53. The van der Waals surface area contributed by atoms with Crippen LogP contribution in [0.5, 0.6) is 5.88 Å². The van der Waals surface area contributed by atoms with Gasteiger partial charge in [0.2, 0.25) is 5.88 Å². The molecule has 1 fully saturated rings. The molecule has 6 nitrogen and oxygen atoms in total. The van der Waals surface area contributed by atoms with E-state index in [0.717, 1.165) is 31.6 Å². The monoisotopic (exact) mass is 354 g/mol. The van der Waals surface area contributed by atoms with Crippen LogP contribution in [0.2, 0.25) is 5.02 Å². The second-order valence-corrected chi connectivity index (χ2v) is 6.29. The van der Waals surface area contributed by atoms with Crippen LogP contribution in [0, 0.1) is 5.92 Å². The summed E-state index contributed by atoms with van der Waals surface area (Å²) in [4.78, 5) is 10.6. The molecule has 0 spiro atoms. The van der Waals surface area contributed by atoms with Gasteiger partial charge in [-0.05, 0) is 37.3 Å². The molecule has 1 aliphatic rings. The Bertz CT molecular complexity index is 521. The van der Waals surface area contributed by atoms with E-state index in [2.05, 4.69) is 27.2 Å². The predicted molar refractivity (Wildman–Crippen MR) is 96.9 cm³/mol. The first-order chi connectivity index (χ1) is 11.7. The van der Waals surface area contributed by atoms with E-state index in [0.29, 0.717) is 24.1 Å². The van der Waals surface area contributed by atoms with Gasteiger partial charge in [-0.3, -0.25) is 4.99 Å². The minimum absolute atomic E-state index is 0.462. The standard InChI is InChI=1S/C17H27ClN4O2/c1-19-17(22(2)10-5-14-6-11-23-12-7-14)21-9-13-24-16-15(18)4-3-8-20-16/h3-4,8,14H,5-7,9-13H2,1-2H3,(H,19,21). The molecule has 2 rings (SSSR count). The summed E-state index contributed by atoms with van der Waals surface area (Å²) in [5, 5.41) is 3.83. The number of guanidine groups is 1. The van der Waals surface area contributed by atoms with Crippen LogP contribution in [0.1, 0.15) is 19.3 Å². The Balaban J connectivity index is 1.66. The molecule has 0 radical (unpaired) electrons. The lowest BCUT2D eigenvalue weighted by Crippen LogP contribution is -2.41. The van der Waals surface area contributed by atoms with Crippen molar-refractivity contribution in [2.45, 2.75) is 19.3 Å². The van der Waals surface area contributed by atoms with E-state index in [1.165, 1.54) is 19.3 Å². The molecular weight excluding hydrogens is 328 g/mol. The summed E-state index contributed by atoms with van der Waals surface area (Å²) in [7, 11) is 3.86. The molecule has 24 heavy (non-hydrogen) atoms. The summed E-state index contributed by atoms with van der Waals surface area (Å²) in [5.74, 6) is 2.09. The molecule has 1 aromatic heterocycles. The minimum Gasteiger partial charge on any atom is -0.475 e. The molecule has 0 saturated carbocycles. The third-order valence-corrected chi connectivity index (χ3v) is 4.42. The Kier molecular flexibility index (Phi) is 8.12. The third kappa shape index (κ3) is 6.17. The van der Waals surface area contributed by atoms with E-state index in [1.54, 1.807) is 25.4 Å². The number of aliphatic imine (C=N–C) groups is 1. The number of hydrogen-bond acceptors (Lipinski definition) is 4. The first kappa shape index (κ1) is 18.8. The van der Waals surface area contributed by atoms with E-state index in [4.69, 9.17) is 21.1 Å². The van der Waals surface area contributed by atoms with Crippen LogP contribution in [0.25, 0.3) is 0 Å². The summed E-state index contributed by atoms with van der Waals surface area (Å²) in [6.45, 7) is 3.89. The van der Waals surface area contributed by atoms with Crippen LogP contribution >= 0.6 is 11.6 Å². The SMILES string of the molecule is CN=C(NCCOc1ncccc1Cl)N(C)CCC1CCOCC1. The molecule has 0 bridgehead atoms. The lowest BCUT2D eigenvalue weighted by atomic mass is 9.96. The van der Waals surface area contributed by atoms with Gasteiger partial charge in [0.1, 0.15) is 11.6 Å². The minimum atomic E-state index is 0.462. The maximum atomic E-state index is 6.01. The number of rotatable bonds is 7. The Morgan fingerprint density at radius 3 is 3.00 bits per heavy atom. The Labute approximate surface area is 149 Å². The molecule has 1 aromatic rings. The highest BCUT2D eigenvalue weighted by molar-refractivity contribution is 6.31. The molecule has 1 aliphatic heterocycles. The highest BCUT2D eigenvalue weighted by Crippen LogP contribution is 2.20. The van der Waals surface area contributed by atoms with Gasteiger partial charge in [-0.1, -0.05) is 11.6 Å². The van der Waals surface area contributed by atoms with Crippen molar-refractivity contribution in [2.24, 2.45) is 10.9 Å². The van der Waals surface area contributed by atoms with Gasteiger partial charge in [0.15, 0.2) is 5.96 Å². The quantitative estimate of drug-likeness (QED) is 0.463. The molecule has 134 valence electrons. The Morgan fingerprint density at radius 2 is 2.29 bits per heavy atom. The van der Waals surface area contributed by atoms with Crippen molar-refractivity contribution in [3.8, 4) is 5.88 Å². The van der Waals surface area contributed by atoms with E-state index >= 15 is 0 Å². The molecule has 0 atom stereocenters. The van der Waals surface area contributed by atoms with Gasteiger partial charge in [0.05, 0.1) is 6.54 Å². The lowest BCUT2D eigenvalue weighted by molar-refractivity contribution is 0.0625. The van der Waals surface area contributed by atoms with Crippen LogP contribution in [-0.2, 0) is 4.74 Å². The molecular formula is C17H27ClN4O2. The van der Waals surface area contributed by atoms with E-state index in [9.17, 15) is 0 Å². The average molecular weight is 355 g/mol. The second-order valence-electron chi connectivity index (χ2n) is 5.88. The van der Waals surface area contributed by atoms with Crippen molar-refractivity contribution in [3.63, 3.8) is 0 Å².